The lowest BCUT2D eigenvalue weighted by molar-refractivity contribution is 0.187. The second kappa shape index (κ2) is 4.28. The molecule has 4 heteroatoms. The van der Waals surface area contributed by atoms with Crippen molar-refractivity contribution in [2.75, 3.05) is 5.73 Å². The summed E-state index contributed by atoms with van der Waals surface area (Å²) in [6.45, 7) is 2.11. The molecule has 1 aromatic carbocycles. The lowest BCUT2D eigenvalue weighted by atomic mass is 10.1. The molecule has 1 aromatic rings. The fourth-order valence-corrected chi connectivity index (χ4v) is 2.12. The Hall–Kier alpha value is -1.32. The number of halogens is 2. The molecule has 0 saturated heterocycles. The molecule has 1 aliphatic carbocycles. The molecule has 1 aliphatic rings. The minimum Gasteiger partial charge on any atom is -0.484 e. The highest BCUT2D eigenvalue weighted by molar-refractivity contribution is 5.44. The van der Waals surface area contributed by atoms with E-state index in [1.165, 1.54) is 0 Å². The predicted molar refractivity (Wildman–Crippen MR) is 58.2 cm³/mol. The Bertz CT molecular complexity index is 372. The third-order valence-electron chi connectivity index (χ3n) is 2.95. The maximum absolute atomic E-state index is 13.4. The number of nitrogen functional groups attached to an aromatic ring is 1. The van der Waals surface area contributed by atoms with Crippen LogP contribution in [0.25, 0.3) is 0 Å². The third-order valence-corrected chi connectivity index (χ3v) is 2.95. The van der Waals surface area contributed by atoms with E-state index in [9.17, 15) is 8.78 Å². The van der Waals surface area contributed by atoms with Gasteiger partial charge >= 0.3 is 0 Å². The molecule has 2 N–H and O–H groups in total. The van der Waals surface area contributed by atoms with E-state index in [1.54, 1.807) is 0 Å². The zero-order chi connectivity index (χ0) is 11.7. The quantitative estimate of drug-likeness (QED) is 0.788. The number of rotatable bonds is 2. The SMILES string of the molecule is CC1CCC(Oc2c(F)cc(N)cc2F)C1. The molecule has 1 fully saturated rings. The molecule has 0 heterocycles. The van der Waals surface area contributed by atoms with Crippen LogP contribution in [0.1, 0.15) is 26.2 Å². The summed E-state index contributed by atoms with van der Waals surface area (Å²) >= 11 is 0. The van der Waals surface area contributed by atoms with Crippen LogP contribution in [0.5, 0.6) is 5.75 Å². The predicted octanol–water partition coefficient (Wildman–Crippen LogP) is 3.11. The van der Waals surface area contributed by atoms with Gasteiger partial charge in [-0.25, -0.2) is 8.78 Å². The molecule has 0 spiro atoms. The van der Waals surface area contributed by atoms with Gasteiger partial charge in [0.05, 0.1) is 6.10 Å². The van der Waals surface area contributed by atoms with Gasteiger partial charge in [-0.2, -0.15) is 0 Å². The van der Waals surface area contributed by atoms with E-state index >= 15 is 0 Å². The average molecular weight is 227 g/mol. The van der Waals surface area contributed by atoms with Crippen LogP contribution in [0, 0.1) is 17.6 Å². The van der Waals surface area contributed by atoms with Gasteiger partial charge in [0.15, 0.2) is 17.4 Å². The van der Waals surface area contributed by atoms with Crippen molar-refractivity contribution in [1.29, 1.82) is 0 Å². The molecule has 0 aliphatic heterocycles. The Morgan fingerprint density at radius 2 is 1.88 bits per heavy atom. The lowest BCUT2D eigenvalue weighted by Crippen LogP contribution is -2.14. The minimum atomic E-state index is -0.725. The maximum Gasteiger partial charge on any atom is 0.191 e. The molecule has 0 bridgehead atoms. The van der Waals surface area contributed by atoms with Crippen molar-refractivity contribution in [3.05, 3.63) is 23.8 Å². The van der Waals surface area contributed by atoms with Gasteiger partial charge < -0.3 is 10.5 Å². The highest BCUT2D eigenvalue weighted by Crippen LogP contribution is 2.32. The molecule has 2 atom stereocenters. The van der Waals surface area contributed by atoms with Crippen LogP contribution >= 0.6 is 0 Å². The Kier molecular flexibility index (Phi) is 2.99. The monoisotopic (exact) mass is 227 g/mol. The van der Waals surface area contributed by atoms with Crippen molar-refractivity contribution in [2.45, 2.75) is 32.3 Å². The van der Waals surface area contributed by atoms with Crippen LogP contribution in [0.3, 0.4) is 0 Å². The third kappa shape index (κ3) is 2.26. The van der Waals surface area contributed by atoms with E-state index < -0.39 is 11.6 Å². The molecular formula is C12H15F2NO. The molecular weight excluding hydrogens is 212 g/mol. The van der Waals surface area contributed by atoms with Crippen molar-refractivity contribution in [3.63, 3.8) is 0 Å². The summed E-state index contributed by atoms with van der Waals surface area (Å²) < 4.78 is 32.2. The van der Waals surface area contributed by atoms with Gasteiger partial charge in [-0.1, -0.05) is 6.92 Å². The van der Waals surface area contributed by atoms with Crippen molar-refractivity contribution in [2.24, 2.45) is 5.92 Å². The first-order valence-electron chi connectivity index (χ1n) is 5.47. The van der Waals surface area contributed by atoms with Crippen LogP contribution in [0.2, 0.25) is 0 Å². The summed E-state index contributed by atoms with van der Waals surface area (Å²) in [6, 6.07) is 2.16. The Morgan fingerprint density at radius 1 is 1.25 bits per heavy atom. The highest BCUT2D eigenvalue weighted by atomic mass is 19.1. The number of ether oxygens (including phenoxy) is 1. The zero-order valence-electron chi connectivity index (χ0n) is 9.17. The van der Waals surface area contributed by atoms with Crippen molar-refractivity contribution in [1.82, 2.24) is 0 Å². The van der Waals surface area contributed by atoms with E-state index in [-0.39, 0.29) is 17.5 Å². The van der Waals surface area contributed by atoms with E-state index in [0.29, 0.717) is 5.92 Å². The summed E-state index contributed by atoms with van der Waals surface area (Å²) in [6.07, 6.45) is 2.67. The second-order valence-corrected chi connectivity index (χ2v) is 4.47. The van der Waals surface area contributed by atoms with Crippen molar-refractivity contribution >= 4 is 5.69 Å². The summed E-state index contributed by atoms with van der Waals surface area (Å²) in [4.78, 5) is 0. The fraction of sp³-hybridized carbons (Fsp3) is 0.500. The summed E-state index contributed by atoms with van der Waals surface area (Å²) in [5.41, 5.74) is 5.39. The van der Waals surface area contributed by atoms with Crippen LogP contribution in [0.15, 0.2) is 12.1 Å². The molecule has 2 unspecified atom stereocenters. The first-order chi connectivity index (χ1) is 7.56. The smallest absolute Gasteiger partial charge is 0.191 e. The van der Waals surface area contributed by atoms with E-state index in [0.717, 1.165) is 31.4 Å². The van der Waals surface area contributed by atoms with Crippen LogP contribution in [0.4, 0.5) is 14.5 Å². The van der Waals surface area contributed by atoms with Gasteiger partial charge in [0, 0.05) is 17.8 Å². The second-order valence-electron chi connectivity index (χ2n) is 4.47. The fourth-order valence-electron chi connectivity index (χ4n) is 2.12. The number of benzene rings is 1. The van der Waals surface area contributed by atoms with E-state index in [1.807, 2.05) is 0 Å². The number of anilines is 1. The van der Waals surface area contributed by atoms with Crippen LogP contribution in [-0.2, 0) is 0 Å². The number of hydrogen-bond acceptors (Lipinski definition) is 2. The number of nitrogens with two attached hydrogens (primary N) is 1. The van der Waals surface area contributed by atoms with Gasteiger partial charge in [-0.15, -0.1) is 0 Å². The minimum absolute atomic E-state index is 0.0714. The average Bonchev–Trinajstić information content (AvgIpc) is 2.58. The topological polar surface area (TPSA) is 35.2 Å². The Morgan fingerprint density at radius 3 is 2.38 bits per heavy atom. The van der Waals surface area contributed by atoms with Crippen molar-refractivity contribution < 1.29 is 13.5 Å². The Balaban J connectivity index is 2.15. The van der Waals surface area contributed by atoms with E-state index in [4.69, 9.17) is 10.5 Å². The molecule has 2 rings (SSSR count). The Labute approximate surface area is 93.4 Å². The van der Waals surface area contributed by atoms with Crippen LogP contribution < -0.4 is 10.5 Å². The summed E-state index contributed by atoms with van der Waals surface area (Å²) in [5.74, 6) is -1.19. The lowest BCUT2D eigenvalue weighted by Gasteiger charge is -2.15. The molecule has 2 nitrogen and oxygen atoms in total. The standard InChI is InChI=1S/C12H15F2NO/c1-7-2-3-9(4-7)16-12-10(13)5-8(15)6-11(12)14/h5-7,9H,2-4,15H2,1H3. The van der Waals surface area contributed by atoms with Crippen LogP contribution in [-0.4, -0.2) is 6.10 Å². The van der Waals surface area contributed by atoms with Gasteiger partial charge in [0.25, 0.3) is 0 Å². The molecule has 0 amide bonds. The van der Waals surface area contributed by atoms with Crippen molar-refractivity contribution in [3.8, 4) is 5.75 Å². The highest BCUT2D eigenvalue weighted by Gasteiger charge is 2.25. The molecule has 0 radical (unpaired) electrons. The molecule has 0 aromatic heterocycles. The zero-order valence-corrected chi connectivity index (χ0v) is 9.17. The molecule has 16 heavy (non-hydrogen) atoms. The first kappa shape index (κ1) is 11.2. The van der Waals surface area contributed by atoms with Gasteiger partial charge in [0.1, 0.15) is 0 Å². The maximum atomic E-state index is 13.4. The molecule has 88 valence electrons. The van der Waals surface area contributed by atoms with Gasteiger partial charge in [-0.3, -0.25) is 0 Å². The molecule has 1 saturated carbocycles. The summed E-state index contributed by atoms with van der Waals surface area (Å²) in [7, 11) is 0. The number of hydrogen-bond donors (Lipinski definition) is 1. The van der Waals surface area contributed by atoms with Gasteiger partial charge in [0.2, 0.25) is 0 Å². The largest absolute Gasteiger partial charge is 0.484 e. The normalized spacial score (nSPS) is 24.7. The van der Waals surface area contributed by atoms with Gasteiger partial charge in [-0.05, 0) is 25.2 Å². The first-order valence-corrected chi connectivity index (χ1v) is 5.47. The van der Waals surface area contributed by atoms with E-state index in [2.05, 4.69) is 6.92 Å². The summed E-state index contributed by atoms with van der Waals surface area (Å²) in [5, 5.41) is 0.